The quantitative estimate of drug-likeness (QED) is 0.600. The zero-order chi connectivity index (χ0) is 19.1. The Bertz CT molecular complexity index is 603. The molecule has 0 aromatic rings. The number of hydrogen-bond acceptors (Lipinski definition) is 3. The molecule has 25 heavy (non-hydrogen) atoms. The number of hydrogen-bond donors (Lipinski definition) is 0. The van der Waals surface area contributed by atoms with Gasteiger partial charge in [-0.2, -0.15) is 0 Å². The summed E-state index contributed by atoms with van der Waals surface area (Å²) in [6, 6.07) is 0. The van der Waals surface area contributed by atoms with Gasteiger partial charge in [0.05, 0.1) is 5.76 Å². The molecule has 2 atom stereocenters. The molecule has 0 aromatic heterocycles. The minimum Gasteiger partial charge on any atom is -0.546 e. The number of fused-ring (bicyclic) bond motifs is 1. The van der Waals surface area contributed by atoms with Gasteiger partial charge in [-0.15, -0.1) is 0 Å². The van der Waals surface area contributed by atoms with Gasteiger partial charge in [-0.3, -0.25) is 9.59 Å². The largest absolute Gasteiger partial charge is 0.546 e. The van der Waals surface area contributed by atoms with Gasteiger partial charge in [0.1, 0.15) is 0 Å². The molecule has 2 aliphatic carbocycles. The minimum absolute atomic E-state index is 0.141. The van der Waals surface area contributed by atoms with E-state index in [2.05, 4.69) is 47.6 Å². The smallest absolute Gasteiger partial charge is 0.258 e. The molecule has 140 valence electrons. The van der Waals surface area contributed by atoms with E-state index < -0.39 is 8.32 Å². The third kappa shape index (κ3) is 3.30. The molecule has 4 heteroatoms. The monoisotopic (exact) mass is 362 g/mol. The highest BCUT2D eigenvalue weighted by Gasteiger charge is 2.49. The average Bonchev–Trinajstić information content (AvgIpc) is 2.54. The molecule has 0 unspecified atom stereocenters. The van der Waals surface area contributed by atoms with Crippen molar-refractivity contribution in [2.75, 3.05) is 0 Å². The topological polar surface area (TPSA) is 43.4 Å². The van der Waals surface area contributed by atoms with Gasteiger partial charge in [0, 0.05) is 18.3 Å². The Kier molecular flexibility index (Phi) is 5.82. The van der Waals surface area contributed by atoms with E-state index >= 15 is 0 Å². The molecule has 0 radical (unpaired) electrons. The summed E-state index contributed by atoms with van der Waals surface area (Å²) in [5, 5.41) is 0. The summed E-state index contributed by atoms with van der Waals surface area (Å²) in [7, 11) is -2.02. The van der Waals surface area contributed by atoms with Crippen LogP contribution in [-0.4, -0.2) is 19.9 Å². The van der Waals surface area contributed by atoms with E-state index in [0.29, 0.717) is 40.6 Å². The van der Waals surface area contributed by atoms with Crippen molar-refractivity contribution in [2.45, 2.75) is 84.9 Å². The van der Waals surface area contributed by atoms with Gasteiger partial charge in [0.25, 0.3) is 8.32 Å². The molecule has 0 spiro atoms. The summed E-state index contributed by atoms with van der Waals surface area (Å²) < 4.78 is 6.78. The van der Waals surface area contributed by atoms with E-state index in [1.54, 1.807) is 13.8 Å². The van der Waals surface area contributed by atoms with Crippen molar-refractivity contribution < 1.29 is 14.0 Å². The van der Waals surface area contributed by atoms with Crippen molar-refractivity contribution in [2.24, 2.45) is 11.8 Å². The van der Waals surface area contributed by atoms with Crippen LogP contribution in [0.2, 0.25) is 16.6 Å². The van der Waals surface area contributed by atoms with Crippen molar-refractivity contribution >= 4 is 19.9 Å². The van der Waals surface area contributed by atoms with E-state index in [-0.39, 0.29) is 23.4 Å². The first-order valence-electron chi connectivity index (χ1n) is 9.67. The lowest BCUT2D eigenvalue weighted by Gasteiger charge is -2.44. The molecule has 2 aliphatic rings. The fourth-order valence-electron chi connectivity index (χ4n) is 5.02. The molecule has 0 fully saturated rings. The molecule has 3 nitrogen and oxygen atoms in total. The molecule has 0 N–H and O–H groups in total. The normalized spacial score (nSPS) is 25.0. The second-order valence-electron chi connectivity index (χ2n) is 8.72. The van der Waals surface area contributed by atoms with E-state index in [0.717, 1.165) is 5.76 Å². The first-order valence-corrected chi connectivity index (χ1v) is 11.8. The predicted octanol–water partition coefficient (Wildman–Crippen LogP) is 5.58. The molecule has 0 saturated carbocycles. The van der Waals surface area contributed by atoms with Crippen LogP contribution in [0.15, 0.2) is 23.0 Å². The molecular weight excluding hydrogens is 328 g/mol. The third-order valence-corrected chi connectivity index (χ3v) is 12.5. The lowest BCUT2D eigenvalue weighted by atomic mass is 9.69. The van der Waals surface area contributed by atoms with Crippen LogP contribution in [0.1, 0.15) is 68.2 Å². The van der Waals surface area contributed by atoms with Gasteiger partial charge in [-0.25, -0.2) is 0 Å². The summed E-state index contributed by atoms with van der Waals surface area (Å²) >= 11 is 0. The molecule has 0 heterocycles. The summed E-state index contributed by atoms with van der Waals surface area (Å²) in [6.07, 6.45) is 3.31. The highest BCUT2D eigenvalue weighted by Crippen LogP contribution is 2.46. The van der Waals surface area contributed by atoms with Gasteiger partial charge in [0.15, 0.2) is 11.6 Å². The van der Waals surface area contributed by atoms with Crippen molar-refractivity contribution in [3.63, 3.8) is 0 Å². The van der Waals surface area contributed by atoms with Crippen molar-refractivity contribution in [1.29, 1.82) is 0 Å². The molecular formula is C21H34O3Si. The van der Waals surface area contributed by atoms with Crippen LogP contribution in [-0.2, 0) is 14.0 Å². The Morgan fingerprint density at radius 2 is 1.32 bits per heavy atom. The number of carbonyl (C=O) groups excluding carboxylic acids is 2. The fourth-order valence-corrected chi connectivity index (χ4v) is 10.3. The Balaban J connectivity index is 2.31. The summed E-state index contributed by atoms with van der Waals surface area (Å²) in [6.45, 7) is 17.2. The molecule has 0 aliphatic heterocycles. The van der Waals surface area contributed by atoms with Gasteiger partial charge in [-0.1, -0.05) is 41.5 Å². The Morgan fingerprint density at radius 3 is 1.76 bits per heavy atom. The zero-order valence-electron chi connectivity index (χ0n) is 17.1. The molecule has 0 bridgehead atoms. The lowest BCUT2D eigenvalue weighted by molar-refractivity contribution is -0.131. The lowest BCUT2D eigenvalue weighted by Crippen LogP contribution is -2.48. The summed E-state index contributed by atoms with van der Waals surface area (Å²) in [4.78, 5) is 25.3. The van der Waals surface area contributed by atoms with E-state index in [4.69, 9.17) is 4.43 Å². The van der Waals surface area contributed by atoms with E-state index in [9.17, 15) is 9.59 Å². The minimum atomic E-state index is -2.02. The van der Waals surface area contributed by atoms with Gasteiger partial charge < -0.3 is 4.43 Å². The Labute approximate surface area is 154 Å². The second kappa shape index (κ2) is 7.22. The SMILES string of the molecule is CC1=C(C)C(=O)[C@@H]2CC(O[Si](C(C)C)(C(C)C)C(C)C)=CC[C@@H]2C1=O. The maximum atomic E-state index is 12.7. The van der Waals surface area contributed by atoms with Gasteiger partial charge in [0.2, 0.25) is 0 Å². The third-order valence-electron chi connectivity index (χ3n) is 6.50. The van der Waals surface area contributed by atoms with Crippen LogP contribution in [0.25, 0.3) is 0 Å². The fraction of sp³-hybridized carbons (Fsp3) is 0.714. The highest BCUT2D eigenvalue weighted by molar-refractivity contribution is 6.77. The molecule has 0 aromatic carbocycles. The molecule has 2 rings (SSSR count). The Hall–Kier alpha value is -1.16. The van der Waals surface area contributed by atoms with E-state index in [1.165, 1.54) is 0 Å². The Morgan fingerprint density at radius 1 is 0.880 bits per heavy atom. The maximum Gasteiger partial charge on any atom is 0.258 e. The average molecular weight is 363 g/mol. The number of rotatable bonds is 5. The van der Waals surface area contributed by atoms with Gasteiger partial charge in [-0.05, 0) is 54.1 Å². The molecule has 0 saturated heterocycles. The van der Waals surface area contributed by atoms with Crippen LogP contribution in [0.5, 0.6) is 0 Å². The number of Topliss-reactive ketones (excluding diaryl/α,β-unsaturated/α-hetero) is 2. The van der Waals surface area contributed by atoms with Crippen LogP contribution >= 0.6 is 0 Å². The predicted molar refractivity (Wildman–Crippen MR) is 105 cm³/mol. The van der Waals surface area contributed by atoms with E-state index in [1.807, 2.05) is 0 Å². The van der Waals surface area contributed by atoms with Gasteiger partial charge >= 0.3 is 0 Å². The number of carbonyl (C=O) groups is 2. The van der Waals surface area contributed by atoms with Crippen LogP contribution in [0.3, 0.4) is 0 Å². The first kappa shape index (κ1) is 20.2. The standard InChI is InChI=1S/C21H34O3Si/c1-12(2)25(13(3)4,14(5)6)24-17-9-10-18-19(11-17)21(23)16(8)15(7)20(18)22/h9,12-14,18-19H,10-11H2,1-8H3/t18-,19+/m0/s1. The van der Waals surface area contributed by atoms with Crippen molar-refractivity contribution in [3.05, 3.63) is 23.0 Å². The second-order valence-corrected chi connectivity index (χ2v) is 14.1. The van der Waals surface area contributed by atoms with Crippen molar-refractivity contribution in [3.8, 4) is 0 Å². The van der Waals surface area contributed by atoms with Crippen LogP contribution in [0.4, 0.5) is 0 Å². The highest BCUT2D eigenvalue weighted by atomic mass is 28.4. The number of allylic oxidation sites excluding steroid dienone is 4. The molecule has 0 amide bonds. The van der Waals surface area contributed by atoms with Crippen molar-refractivity contribution in [1.82, 2.24) is 0 Å². The number of ketones is 2. The summed E-state index contributed by atoms with van der Waals surface area (Å²) in [5.41, 5.74) is 2.79. The maximum absolute atomic E-state index is 12.7. The van der Waals surface area contributed by atoms with Crippen LogP contribution < -0.4 is 0 Å². The first-order chi connectivity index (χ1) is 11.5. The van der Waals surface area contributed by atoms with Crippen LogP contribution in [0, 0.1) is 11.8 Å². The summed E-state index contributed by atoms with van der Waals surface area (Å²) in [5.74, 6) is 0.836. The zero-order valence-corrected chi connectivity index (χ0v) is 18.1.